The standard InChI is InChI=1S/C26H52O5/c1-5-6-7-8-9-10-11-12-13-14-15-16-17-18-19-28-20-21-29-22-23-30-24-25(27)31-26(2,3)4/h5-24H2,1-4H3. The fraction of sp³-hybridized carbons (Fsp3) is 0.962. The molecular formula is C26H52O5. The smallest absolute Gasteiger partial charge is 0.332 e. The van der Waals surface area contributed by atoms with E-state index in [-0.39, 0.29) is 12.6 Å². The molecule has 0 aromatic heterocycles. The van der Waals surface area contributed by atoms with E-state index in [0.29, 0.717) is 26.4 Å². The first-order valence-corrected chi connectivity index (χ1v) is 12.9. The van der Waals surface area contributed by atoms with Gasteiger partial charge in [-0.3, -0.25) is 0 Å². The minimum atomic E-state index is -0.471. The second kappa shape index (κ2) is 22.5. The third kappa shape index (κ3) is 27.3. The molecule has 0 radical (unpaired) electrons. The van der Waals surface area contributed by atoms with Crippen LogP contribution in [0.3, 0.4) is 0 Å². The summed E-state index contributed by atoms with van der Waals surface area (Å²) in [6, 6.07) is 0. The van der Waals surface area contributed by atoms with E-state index in [2.05, 4.69) is 6.92 Å². The number of carbonyl (C=O) groups is 1. The van der Waals surface area contributed by atoms with Crippen molar-refractivity contribution in [3.63, 3.8) is 0 Å². The maximum absolute atomic E-state index is 11.5. The molecule has 0 saturated carbocycles. The lowest BCUT2D eigenvalue weighted by atomic mass is 10.0. The molecule has 0 bridgehead atoms. The molecule has 0 aliphatic carbocycles. The molecule has 0 spiro atoms. The molecule has 5 heteroatoms. The van der Waals surface area contributed by atoms with E-state index in [4.69, 9.17) is 18.9 Å². The molecule has 0 aliphatic rings. The van der Waals surface area contributed by atoms with Gasteiger partial charge in [0.25, 0.3) is 0 Å². The third-order valence-corrected chi connectivity index (χ3v) is 5.03. The Morgan fingerprint density at radius 2 is 0.935 bits per heavy atom. The number of hydrogen-bond acceptors (Lipinski definition) is 5. The van der Waals surface area contributed by atoms with Gasteiger partial charge in [0.2, 0.25) is 0 Å². The Labute approximate surface area is 192 Å². The van der Waals surface area contributed by atoms with Crippen molar-refractivity contribution in [3.8, 4) is 0 Å². The highest BCUT2D eigenvalue weighted by Gasteiger charge is 2.15. The predicted octanol–water partition coefficient (Wildman–Crippen LogP) is 6.86. The minimum absolute atomic E-state index is 0.0315. The van der Waals surface area contributed by atoms with Gasteiger partial charge in [-0.25, -0.2) is 4.79 Å². The van der Waals surface area contributed by atoms with Gasteiger partial charge in [0.1, 0.15) is 12.2 Å². The van der Waals surface area contributed by atoms with Crippen molar-refractivity contribution in [1.29, 1.82) is 0 Å². The van der Waals surface area contributed by atoms with Gasteiger partial charge < -0.3 is 18.9 Å². The molecular weight excluding hydrogens is 392 g/mol. The van der Waals surface area contributed by atoms with Crippen molar-refractivity contribution in [2.24, 2.45) is 0 Å². The molecule has 0 aromatic carbocycles. The summed E-state index contributed by atoms with van der Waals surface area (Å²) >= 11 is 0. The Morgan fingerprint density at radius 1 is 0.548 bits per heavy atom. The molecule has 31 heavy (non-hydrogen) atoms. The van der Waals surface area contributed by atoms with Gasteiger partial charge in [0, 0.05) is 6.61 Å². The number of unbranched alkanes of at least 4 members (excludes halogenated alkanes) is 13. The Morgan fingerprint density at radius 3 is 1.39 bits per heavy atom. The number of hydrogen-bond donors (Lipinski definition) is 0. The first-order chi connectivity index (χ1) is 15.0. The molecule has 0 saturated heterocycles. The second-order valence-electron chi connectivity index (χ2n) is 9.46. The lowest BCUT2D eigenvalue weighted by Gasteiger charge is -2.19. The van der Waals surface area contributed by atoms with Crippen molar-refractivity contribution in [3.05, 3.63) is 0 Å². The van der Waals surface area contributed by atoms with Crippen LogP contribution >= 0.6 is 0 Å². The van der Waals surface area contributed by atoms with Crippen LogP contribution in [0.2, 0.25) is 0 Å². The highest BCUT2D eigenvalue weighted by Crippen LogP contribution is 2.13. The van der Waals surface area contributed by atoms with E-state index in [0.717, 1.165) is 13.0 Å². The van der Waals surface area contributed by atoms with Crippen LogP contribution in [-0.4, -0.2) is 51.2 Å². The van der Waals surface area contributed by atoms with Crippen molar-refractivity contribution in [1.82, 2.24) is 0 Å². The van der Waals surface area contributed by atoms with E-state index in [1.807, 2.05) is 20.8 Å². The molecule has 0 atom stereocenters. The molecule has 0 heterocycles. The lowest BCUT2D eigenvalue weighted by molar-refractivity contribution is -0.160. The summed E-state index contributed by atoms with van der Waals surface area (Å²) in [6.07, 6.45) is 19.2. The van der Waals surface area contributed by atoms with Crippen molar-refractivity contribution >= 4 is 5.97 Å². The number of esters is 1. The monoisotopic (exact) mass is 444 g/mol. The number of ether oxygens (including phenoxy) is 4. The summed E-state index contributed by atoms with van der Waals surface area (Å²) in [6.45, 7) is 10.6. The van der Waals surface area contributed by atoms with Crippen LogP contribution in [0.25, 0.3) is 0 Å². The van der Waals surface area contributed by atoms with Crippen LogP contribution < -0.4 is 0 Å². The molecule has 0 rings (SSSR count). The number of rotatable bonds is 23. The molecule has 0 unspecified atom stereocenters. The van der Waals surface area contributed by atoms with E-state index >= 15 is 0 Å². The first-order valence-electron chi connectivity index (χ1n) is 12.9. The normalized spacial score (nSPS) is 11.7. The Bertz CT molecular complexity index is 378. The molecule has 0 aliphatic heterocycles. The van der Waals surface area contributed by atoms with Crippen LogP contribution in [0.1, 0.15) is 118 Å². The van der Waals surface area contributed by atoms with Crippen molar-refractivity contribution in [2.45, 2.75) is 123 Å². The Balaban J connectivity index is 3.10. The highest BCUT2D eigenvalue weighted by molar-refractivity contribution is 5.71. The van der Waals surface area contributed by atoms with Gasteiger partial charge in [-0.05, 0) is 27.2 Å². The van der Waals surface area contributed by atoms with Gasteiger partial charge in [0.15, 0.2) is 0 Å². The topological polar surface area (TPSA) is 54.0 Å². The highest BCUT2D eigenvalue weighted by atomic mass is 16.6. The first kappa shape index (κ1) is 30.4. The minimum Gasteiger partial charge on any atom is -0.458 e. The summed E-state index contributed by atoms with van der Waals surface area (Å²) in [5.74, 6) is -0.344. The van der Waals surface area contributed by atoms with Gasteiger partial charge in [-0.1, -0.05) is 90.4 Å². The molecule has 186 valence electrons. The van der Waals surface area contributed by atoms with E-state index < -0.39 is 5.60 Å². The zero-order valence-electron chi connectivity index (χ0n) is 21.2. The van der Waals surface area contributed by atoms with E-state index in [9.17, 15) is 4.79 Å². The van der Waals surface area contributed by atoms with Crippen LogP contribution in [-0.2, 0) is 23.7 Å². The van der Waals surface area contributed by atoms with Gasteiger partial charge in [0.05, 0.1) is 26.4 Å². The lowest BCUT2D eigenvalue weighted by Crippen LogP contribution is -2.27. The zero-order valence-corrected chi connectivity index (χ0v) is 21.2. The SMILES string of the molecule is CCCCCCCCCCCCCCCCOCCOCCOCC(=O)OC(C)(C)C. The van der Waals surface area contributed by atoms with Gasteiger partial charge >= 0.3 is 5.97 Å². The van der Waals surface area contributed by atoms with Crippen molar-refractivity contribution in [2.75, 3.05) is 39.6 Å². The largest absolute Gasteiger partial charge is 0.458 e. The van der Waals surface area contributed by atoms with E-state index in [1.165, 1.54) is 83.5 Å². The maximum atomic E-state index is 11.5. The average Bonchev–Trinajstić information content (AvgIpc) is 2.70. The third-order valence-electron chi connectivity index (χ3n) is 5.03. The average molecular weight is 445 g/mol. The second-order valence-corrected chi connectivity index (χ2v) is 9.46. The van der Waals surface area contributed by atoms with Crippen LogP contribution in [0, 0.1) is 0 Å². The molecule has 5 nitrogen and oxygen atoms in total. The van der Waals surface area contributed by atoms with Crippen LogP contribution in [0.15, 0.2) is 0 Å². The summed E-state index contributed by atoms with van der Waals surface area (Å²) in [4.78, 5) is 11.5. The number of carbonyl (C=O) groups excluding carboxylic acids is 1. The molecule has 0 fully saturated rings. The molecule has 0 aromatic rings. The predicted molar refractivity (Wildman–Crippen MR) is 129 cm³/mol. The maximum Gasteiger partial charge on any atom is 0.332 e. The summed E-state index contributed by atoms with van der Waals surface area (Å²) in [5, 5.41) is 0. The molecule has 0 amide bonds. The van der Waals surface area contributed by atoms with Crippen LogP contribution in [0.4, 0.5) is 0 Å². The fourth-order valence-electron chi connectivity index (χ4n) is 3.36. The Kier molecular flexibility index (Phi) is 22.1. The molecule has 0 N–H and O–H groups in total. The van der Waals surface area contributed by atoms with Crippen LogP contribution in [0.5, 0.6) is 0 Å². The zero-order chi connectivity index (χ0) is 23.0. The van der Waals surface area contributed by atoms with Crippen molar-refractivity contribution < 1.29 is 23.7 Å². The fourth-order valence-corrected chi connectivity index (χ4v) is 3.36. The quantitative estimate of drug-likeness (QED) is 0.127. The summed E-state index contributed by atoms with van der Waals surface area (Å²) in [7, 11) is 0. The van der Waals surface area contributed by atoms with E-state index in [1.54, 1.807) is 0 Å². The summed E-state index contributed by atoms with van der Waals surface area (Å²) in [5.41, 5.74) is -0.471. The Hall–Kier alpha value is -0.650. The van der Waals surface area contributed by atoms with Gasteiger partial charge in [-0.15, -0.1) is 0 Å². The summed E-state index contributed by atoms with van der Waals surface area (Å²) < 4.78 is 21.4. The van der Waals surface area contributed by atoms with Gasteiger partial charge in [-0.2, -0.15) is 0 Å².